The molecule has 1 aromatic heterocycles. The normalized spacial score (nSPS) is 19.9. The summed E-state index contributed by atoms with van der Waals surface area (Å²) < 4.78 is 11.1. The van der Waals surface area contributed by atoms with Gasteiger partial charge in [-0.2, -0.15) is 9.97 Å². The van der Waals surface area contributed by atoms with Crippen LogP contribution in [0, 0.1) is 0 Å². The highest BCUT2D eigenvalue weighted by Crippen LogP contribution is 2.28. The fourth-order valence-corrected chi connectivity index (χ4v) is 5.66. The number of carbonyl (C=O) groups is 2. The van der Waals surface area contributed by atoms with Gasteiger partial charge in [-0.1, -0.05) is 0 Å². The highest BCUT2D eigenvalue weighted by atomic mass is 16.5. The summed E-state index contributed by atoms with van der Waals surface area (Å²) in [5.74, 6) is 2.33. The largest absolute Gasteiger partial charge is 0.381 e. The molecule has 3 saturated heterocycles. The number of carbonyl (C=O) groups excluding carboxylic acids is 2. The van der Waals surface area contributed by atoms with E-state index in [0.717, 1.165) is 43.9 Å². The number of urea groups is 1. The summed E-state index contributed by atoms with van der Waals surface area (Å²) in [6, 6.07) is 14.4. The third kappa shape index (κ3) is 7.15. The molecule has 0 bridgehead atoms. The van der Waals surface area contributed by atoms with Crippen LogP contribution >= 0.6 is 0 Å². The number of likely N-dealkylation sites (N-methyl/N-ethyl adjacent to an activating group) is 1. The van der Waals surface area contributed by atoms with E-state index >= 15 is 0 Å². The SMILES string of the molecule is CC1CN(C(=O)c2ccc(NC(=O)Nc3ccc(-c4nc(C5CCOCC5)nc(N5CCOCC5)n4)cc3)cc2)CCN1C. The molecule has 6 rings (SSSR count). The molecule has 0 saturated carbocycles. The van der Waals surface area contributed by atoms with Crippen LogP contribution in [0.5, 0.6) is 0 Å². The molecule has 3 aromatic rings. The van der Waals surface area contributed by atoms with Crippen molar-refractivity contribution < 1.29 is 19.1 Å². The Morgan fingerprint density at radius 3 is 2.09 bits per heavy atom. The molecule has 44 heavy (non-hydrogen) atoms. The van der Waals surface area contributed by atoms with Crippen molar-refractivity contribution in [3.63, 3.8) is 0 Å². The maximum atomic E-state index is 12.9. The number of aromatic nitrogens is 3. The van der Waals surface area contributed by atoms with E-state index in [9.17, 15) is 9.59 Å². The Morgan fingerprint density at radius 2 is 1.43 bits per heavy atom. The van der Waals surface area contributed by atoms with E-state index in [4.69, 9.17) is 24.4 Å². The van der Waals surface area contributed by atoms with Crippen LogP contribution in [0.2, 0.25) is 0 Å². The zero-order valence-electron chi connectivity index (χ0n) is 25.4. The summed E-state index contributed by atoms with van der Waals surface area (Å²) in [6.07, 6.45) is 1.77. The lowest BCUT2D eigenvalue weighted by Crippen LogP contribution is -2.52. The van der Waals surface area contributed by atoms with Crippen LogP contribution in [-0.4, -0.2) is 109 Å². The Labute approximate surface area is 257 Å². The van der Waals surface area contributed by atoms with Crippen molar-refractivity contribution in [2.75, 3.05) is 81.7 Å². The summed E-state index contributed by atoms with van der Waals surface area (Å²) in [7, 11) is 2.08. The second kappa shape index (κ2) is 13.7. The minimum atomic E-state index is -0.374. The number of nitrogens with one attached hydrogen (secondary N) is 2. The minimum absolute atomic E-state index is 0.0103. The highest BCUT2D eigenvalue weighted by Gasteiger charge is 2.26. The van der Waals surface area contributed by atoms with Crippen LogP contribution < -0.4 is 15.5 Å². The minimum Gasteiger partial charge on any atom is -0.381 e. The Kier molecular flexibility index (Phi) is 9.29. The van der Waals surface area contributed by atoms with E-state index in [1.165, 1.54) is 0 Å². The van der Waals surface area contributed by atoms with Gasteiger partial charge in [-0.3, -0.25) is 4.79 Å². The Morgan fingerprint density at radius 1 is 0.795 bits per heavy atom. The summed E-state index contributed by atoms with van der Waals surface area (Å²) in [5, 5.41) is 5.72. The number of amides is 3. The van der Waals surface area contributed by atoms with Gasteiger partial charge >= 0.3 is 6.03 Å². The summed E-state index contributed by atoms with van der Waals surface area (Å²) in [6.45, 7) is 8.58. The number of anilines is 3. The summed E-state index contributed by atoms with van der Waals surface area (Å²) in [4.78, 5) is 46.5. The van der Waals surface area contributed by atoms with E-state index in [0.29, 0.717) is 74.3 Å². The van der Waals surface area contributed by atoms with E-state index in [-0.39, 0.29) is 17.9 Å². The molecule has 232 valence electrons. The van der Waals surface area contributed by atoms with Crippen LogP contribution in [0.4, 0.5) is 22.1 Å². The molecule has 3 amide bonds. The zero-order valence-corrected chi connectivity index (χ0v) is 25.4. The zero-order chi connectivity index (χ0) is 30.5. The first-order valence-electron chi connectivity index (χ1n) is 15.4. The molecule has 12 heteroatoms. The molecule has 12 nitrogen and oxygen atoms in total. The number of morpholine rings is 1. The predicted molar refractivity (Wildman–Crippen MR) is 168 cm³/mol. The highest BCUT2D eigenvalue weighted by molar-refractivity contribution is 6.00. The molecule has 1 unspecified atom stereocenters. The first-order chi connectivity index (χ1) is 21.4. The van der Waals surface area contributed by atoms with Crippen molar-refractivity contribution in [1.29, 1.82) is 0 Å². The van der Waals surface area contributed by atoms with Gasteiger partial charge in [0.05, 0.1) is 13.2 Å². The molecule has 3 aliphatic rings. The van der Waals surface area contributed by atoms with Gasteiger partial charge in [0.2, 0.25) is 5.95 Å². The van der Waals surface area contributed by atoms with Crippen molar-refractivity contribution in [2.45, 2.75) is 31.7 Å². The van der Waals surface area contributed by atoms with Gasteiger partial charge in [0.1, 0.15) is 5.82 Å². The van der Waals surface area contributed by atoms with Gasteiger partial charge in [0, 0.05) is 80.4 Å². The molecular weight excluding hydrogens is 560 g/mol. The second-order valence-corrected chi connectivity index (χ2v) is 11.6. The lowest BCUT2D eigenvalue weighted by Gasteiger charge is -2.37. The molecule has 3 fully saturated rings. The van der Waals surface area contributed by atoms with Crippen molar-refractivity contribution >= 4 is 29.3 Å². The molecule has 1 atom stereocenters. The average Bonchev–Trinajstić information content (AvgIpc) is 3.07. The molecular formula is C32H40N8O4. The number of nitrogens with zero attached hydrogens (tertiary/aromatic N) is 6. The molecule has 0 spiro atoms. The number of hydrogen-bond acceptors (Lipinski definition) is 9. The van der Waals surface area contributed by atoms with Gasteiger partial charge < -0.3 is 34.8 Å². The predicted octanol–water partition coefficient (Wildman–Crippen LogP) is 3.69. The quantitative estimate of drug-likeness (QED) is 0.436. The fraction of sp³-hybridized carbons (Fsp3) is 0.469. The van der Waals surface area contributed by atoms with Crippen LogP contribution in [0.25, 0.3) is 11.4 Å². The summed E-state index contributed by atoms with van der Waals surface area (Å²) in [5.41, 5.74) is 2.69. The second-order valence-electron chi connectivity index (χ2n) is 11.6. The van der Waals surface area contributed by atoms with E-state index in [2.05, 4.69) is 34.4 Å². The Bertz CT molecular complexity index is 1400. The van der Waals surface area contributed by atoms with Gasteiger partial charge in [0.25, 0.3) is 5.91 Å². The third-order valence-corrected chi connectivity index (χ3v) is 8.56. The molecule has 2 aromatic carbocycles. The monoisotopic (exact) mass is 600 g/mol. The topological polar surface area (TPSA) is 125 Å². The maximum absolute atomic E-state index is 12.9. The molecule has 3 aliphatic heterocycles. The van der Waals surface area contributed by atoms with Gasteiger partial charge in [-0.05, 0) is 75.3 Å². The first kappa shape index (κ1) is 29.9. The molecule has 2 N–H and O–H groups in total. The molecule has 0 radical (unpaired) electrons. The lowest BCUT2D eigenvalue weighted by molar-refractivity contribution is 0.0572. The summed E-state index contributed by atoms with van der Waals surface area (Å²) >= 11 is 0. The average molecular weight is 601 g/mol. The van der Waals surface area contributed by atoms with Crippen molar-refractivity contribution in [2.24, 2.45) is 0 Å². The first-order valence-corrected chi connectivity index (χ1v) is 15.4. The standard InChI is InChI=1S/C32H40N8O4/c1-22-21-40(14-13-38(22)2)30(41)25-5-9-27(10-6-25)34-32(42)33-26-7-3-23(4-8-26)28-35-29(24-11-17-43-18-12-24)37-31(36-28)39-15-19-44-20-16-39/h3-10,22,24H,11-21H2,1-2H3,(H2,33,34,42). The molecule has 0 aliphatic carbocycles. The van der Waals surface area contributed by atoms with Gasteiger partial charge in [0.15, 0.2) is 5.82 Å². The Balaban J connectivity index is 1.09. The lowest BCUT2D eigenvalue weighted by atomic mass is 9.99. The van der Waals surface area contributed by atoms with Gasteiger partial charge in [-0.15, -0.1) is 0 Å². The third-order valence-electron chi connectivity index (χ3n) is 8.56. The number of benzene rings is 2. The van der Waals surface area contributed by atoms with Gasteiger partial charge in [-0.25, -0.2) is 9.78 Å². The van der Waals surface area contributed by atoms with Crippen LogP contribution in [0.3, 0.4) is 0 Å². The number of piperazine rings is 1. The number of hydrogen-bond donors (Lipinski definition) is 2. The van der Waals surface area contributed by atoms with E-state index in [1.54, 1.807) is 24.3 Å². The van der Waals surface area contributed by atoms with Crippen molar-refractivity contribution in [3.8, 4) is 11.4 Å². The fourth-order valence-electron chi connectivity index (χ4n) is 5.66. The van der Waals surface area contributed by atoms with Crippen LogP contribution in [-0.2, 0) is 9.47 Å². The smallest absolute Gasteiger partial charge is 0.323 e. The number of ether oxygens (including phenoxy) is 2. The van der Waals surface area contributed by atoms with Crippen molar-refractivity contribution in [3.05, 3.63) is 59.9 Å². The van der Waals surface area contributed by atoms with Crippen LogP contribution in [0.15, 0.2) is 48.5 Å². The maximum Gasteiger partial charge on any atom is 0.323 e. The number of rotatable bonds is 6. The van der Waals surface area contributed by atoms with Crippen molar-refractivity contribution in [1.82, 2.24) is 24.8 Å². The van der Waals surface area contributed by atoms with E-state index in [1.807, 2.05) is 29.2 Å². The van der Waals surface area contributed by atoms with E-state index < -0.39 is 0 Å². The van der Waals surface area contributed by atoms with Crippen LogP contribution in [0.1, 0.15) is 41.9 Å². The molecule has 4 heterocycles. The Hall–Kier alpha value is -4.13.